The summed E-state index contributed by atoms with van der Waals surface area (Å²) in [6, 6.07) is 5.14. The number of carboxylic acids is 1. The van der Waals surface area contributed by atoms with E-state index in [0.717, 1.165) is 11.1 Å². The fourth-order valence-corrected chi connectivity index (χ4v) is 1.92. The Morgan fingerprint density at radius 3 is 2.41 bits per heavy atom. The quantitative estimate of drug-likeness (QED) is 0.728. The lowest BCUT2D eigenvalue weighted by Gasteiger charge is -2.20. The van der Waals surface area contributed by atoms with E-state index in [-0.39, 0.29) is 5.92 Å². The van der Waals surface area contributed by atoms with Crippen molar-refractivity contribution in [2.75, 3.05) is 0 Å². The monoisotopic (exact) mass is 308 g/mol. The zero-order valence-corrected chi connectivity index (χ0v) is 13.7. The second-order valence-corrected chi connectivity index (χ2v) is 6.36. The van der Waals surface area contributed by atoms with E-state index in [1.54, 1.807) is 32.9 Å². The molecule has 0 aromatic heterocycles. The Kier molecular flexibility index (Phi) is 5.93. The lowest BCUT2D eigenvalue weighted by Crippen LogP contribution is -2.40. The summed E-state index contributed by atoms with van der Waals surface area (Å²) in [5.74, 6) is -0.833. The van der Waals surface area contributed by atoms with Gasteiger partial charge < -0.3 is 9.84 Å². The fraction of sp³-hybridized carbons (Fsp3) is 0.500. The van der Waals surface area contributed by atoms with Crippen molar-refractivity contribution >= 4 is 12.1 Å². The molecular formula is C16H24N2O4. The summed E-state index contributed by atoms with van der Waals surface area (Å²) in [6.07, 6.45) is -0.557. The van der Waals surface area contributed by atoms with Gasteiger partial charge in [0.25, 0.3) is 0 Å². The van der Waals surface area contributed by atoms with Crippen LogP contribution in [0.15, 0.2) is 18.2 Å². The second kappa shape index (κ2) is 7.26. The Morgan fingerprint density at radius 2 is 1.91 bits per heavy atom. The molecular weight excluding hydrogens is 284 g/mol. The highest BCUT2D eigenvalue weighted by Gasteiger charge is 2.16. The van der Waals surface area contributed by atoms with Crippen LogP contribution in [-0.2, 0) is 11.3 Å². The van der Waals surface area contributed by atoms with Gasteiger partial charge in [-0.1, -0.05) is 26.0 Å². The summed E-state index contributed by atoms with van der Waals surface area (Å²) in [7, 11) is 0. The van der Waals surface area contributed by atoms with Crippen LogP contribution in [0.4, 0.5) is 4.79 Å². The number of benzene rings is 1. The van der Waals surface area contributed by atoms with Crippen LogP contribution in [0.3, 0.4) is 0 Å². The van der Waals surface area contributed by atoms with Gasteiger partial charge in [0.15, 0.2) is 0 Å². The van der Waals surface area contributed by atoms with Crippen LogP contribution < -0.4 is 10.9 Å². The zero-order chi connectivity index (χ0) is 16.9. The summed E-state index contributed by atoms with van der Waals surface area (Å²) in [5, 5.41) is 9.17. The Morgan fingerprint density at radius 1 is 1.27 bits per heavy atom. The Labute approximate surface area is 130 Å². The molecule has 0 aliphatic rings. The van der Waals surface area contributed by atoms with Crippen LogP contribution in [0, 0.1) is 0 Å². The van der Waals surface area contributed by atoms with Crippen molar-refractivity contribution in [2.45, 2.75) is 52.7 Å². The molecule has 22 heavy (non-hydrogen) atoms. The van der Waals surface area contributed by atoms with Crippen molar-refractivity contribution in [3.05, 3.63) is 34.9 Å². The highest BCUT2D eigenvalue weighted by atomic mass is 16.6. The molecule has 1 aromatic rings. The standard InChI is InChI=1S/C16H24N2O4/c1-10(2)13-8-11(6-7-12(13)14(19)20)9-17-18-15(21)22-16(3,4)5/h6-8,10,17H,9H2,1-5H3,(H,18,21)(H,19,20). The van der Waals surface area contributed by atoms with Crippen LogP contribution in [0.25, 0.3) is 0 Å². The number of nitrogens with one attached hydrogen (secondary N) is 2. The summed E-state index contributed by atoms with van der Waals surface area (Å²) in [6.45, 7) is 9.61. The van der Waals surface area contributed by atoms with Gasteiger partial charge in [-0.2, -0.15) is 0 Å². The highest BCUT2D eigenvalue weighted by Crippen LogP contribution is 2.21. The molecule has 3 N–H and O–H groups in total. The van der Waals surface area contributed by atoms with E-state index in [9.17, 15) is 14.7 Å². The smallest absolute Gasteiger partial charge is 0.422 e. The molecule has 0 bridgehead atoms. The third-order valence-corrected chi connectivity index (χ3v) is 2.85. The van der Waals surface area contributed by atoms with Crippen LogP contribution in [0.2, 0.25) is 0 Å². The number of rotatable bonds is 5. The predicted molar refractivity (Wildman–Crippen MR) is 83.7 cm³/mol. The number of amides is 1. The number of carbonyl (C=O) groups excluding carboxylic acids is 1. The molecule has 1 amide bonds. The molecule has 0 aliphatic heterocycles. The summed E-state index contributed by atoms with van der Waals surface area (Å²) in [5.41, 5.74) is 6.61. The van der Waals surface area contributed by atoms with E-state index in [2.05, 4.69) is 10.9 Å². The second-order valence-electron chi connectivity index (χ2n) is 6.36. The normalized spacial score (nSPS) is 11.4. The maximum Gasteiger partial charge on any atom is 0.422 e. The van der Waals surface area contributed by atoms with Crippen LogP contribution in [0.1, 0.15) is 62.0 Å². The van der Waals surface area contributed by atoms with Crippen molar-refractivity contribution in [1.82, 2.24) is 10.9 Å². The van der Waals surface area contributed by atoms with Gasteiger partial charge in [0.1, 0.15) is 5.60 Å². The third-order valence-electron chi connectivity index (χ3n) is 2.85. The minimum Gasteiger partial charge on any atom is -0.478 e. The molecule has 0 fully saturated rings. The van der Waals surface area contributed by atoms with E-state index in [1.807, 2.05) is 19.9 Å². The largest absolute Gasteiger partial charge is 0.478 e. The van der Waals surface area contributed by atoms with Gasteiger partial charge in [-0.3, -0.25) is 5.43 Å². The van der Waals surface area contributed by atoms with Crippen LogP contribution >= 0.6 is 0 Å². The number of hydrogen-bond donors (Lipinski definition) is 3. The molecule has 0 unspecified atom stereocenters. The molecule has 0 aliphatic carbocycles. The first kappa shape index (κ1) is 18.0. The first-order valence-corrected chi connectivity index (χ1v) is 7.18. The molecule has 0 saturated heterocycles. The molecule has 1 aromatic carbocycles. The number of carboxylic acid groups (broad SMARTS) is 1. The van der Waals surface area contributed by atoms with Gasteiger partial charge in [-0.05, 0) is 43.9 Å². The Bertz CT molecular complexity index is 548. The topological polar surface area (TPSA) is 87.7 Å². The van der Waals surface area contributed by atoms with Gasteiger partial charge in [-0.25, -0.2) is 15.0 Å². The average Bonchev–Trinajstić information content (AvgIpc) is 2.36. The average molecular weight is 308 g/mol. The molecule has 0 atom stereocenters. The minimum atomic E-state index is -0.935. The first-order chi connectivity index (χ1) is 10.1. The molecule has 0 saturated carbocycles. The van der Waals surface area contributed by atoms with Crippen molar-refractivity contribution in [2.24, 2.45) is 0 Å². The summed E-state index contributed by atoms with van der Waals surface area (Å²) < 4.78 is 5.10. The lowest BCUT2D eigenvalue weighted by molar-refractivity contribution is 0.0496. The maximum absolute atomic E-state index is 11.5. The SMILES string of the molecule is CC(C)c1cc(CNNC(=O)OC(C)(C)C)ccc1C(=O)O. The maximum atomic E-state index is 11.5. The van der Waals surface area contributed by atoms with E-state index in [4.69, 9.17) is 4.74 Å². The van der Waals surface area contributed by atoms with E-state index < -0.39 is 17.7 Å². The fourth-order valence-electron chi connectivity index (χ4n) is 1.92. The molecule has 0 radical (unpaired) electrons. The number of ether oxygens (including phenoxy) is 1. The van der Waals surface area contributed by atoms with Crippen molar-refractivity contribution in [3.8, 4) is 0 Å². The number of hydrogen-bond acceptors (Lipinski definition) is 4. The number of hydrazine groups is 1. The van der Waals surface area contributed by atoms with Crippen LogP contribution in [0.5, 0.6) is 0 Å². The van der Waals surface area contributed by atoms with Gasteiger partial charge >= 0.3 is 12.1 Å². The summed E-state index contributed by atoms with van der Waals surface area (Å²) in [4.78, 5) is 22.7. The number of carbonyl (C=O) groups is 2. The Hall–Kier alpha value is -2.08. The predicted octanol–water partition coefficient (Wildman–Crippen LogP) is 3.04. The number of aromatic carboxylic acids is 1. The van der Waals surface area contributed by atoms with Crippen molar-refractivity contribution < 1.29 is 19.4 Å². The zero-order valence-electron chi connectivity index (χ0n) is 13.7. The van der Waals surface area contributed by atoms with E-state index in [1.165, 1.54) is 0 Å². The minimum absolute atomic E-state index is 0.102. The third kappa shape index (κ3) is 5.73. The lowest BCUT2D eigenvalue weighted by atomic mass is 9.95. The van der Waals surface area contributed by atoms with Gasteiger partial charge in [-0.15, -0.1) is 0 Å². The van der Waals surface area contributed by atoms with Crippen molar-refractivity contribution in [3.63, 3.8) is 0 Å². The van der Waals surface area contributed by atoms with E-state index in [0.29, 0.717) is 12.1 Å². The molecule has 122 valence electrons. The molecule has 6 heteroatoms. The van der Waals surface area contributed by atoms with Crippen LogP contribution in [-0.4, -0.2) is 22.8 Å². The van der Waals surface area contributed by atoms with Gasteiger partial charge in [0.2, 0.25) is 0 Å². The van der Waals surface area contributed by atoms with Gasteiger partial charge in [0.05, 0.1) is 5.56 Å². The Balaban J connectivity index is 2.66. The van der Waals surface area contributed by atoms with Crippen molar-refractivity contribution in [1.29, 1.82) is 0 Å². The van der Waals surface area contributed by atoms with Gasteiger partial charge in [0, 0.05) is 6.54 Å². The molecule has 1 rings (SSSR count). The highest BCUT2D eigenvalue weighted by molar-refractivity contribution is 5.89. The first-order valence-electron chi connectivity index (χ1n) is 7.18. The van der Waals surface area contributed by atoms with E-state index >= 15 is 0 Å². The molecule has 0 heterocycles. The summed E-state index contributed by atoms with van der Waals surface area (Å²) >= 11 is 0. The molecule has 0 spiro atoms. The molecule has 6 nitrogen and oxygen atoms in total.